The number of aryl methyl sites for hydroxylation is 2. The van der Waals surface area contributed by atoms with Crippen LogP contribution in [0.15, 0.2) is 36.4 Å². The van der Waals surface area contributed by atoms with Gasteiger partial charge in [-0.1, -0.05) is 30.3 Å². The van der Waals surface area contributed by atoms with Crippen LogP contribution in [0.3, 0.4) is 0 Å². The lowest BCUT2D eigenvalue weighted by molar-refractivity contribution is 0.213. The average Bonchev–Trinajstić information content (AvgIpc) is 2.35. The zero-order chi connectivity index (χ0) is 13.3. The zero-order valence-corrected chi connectivity index (χ0v) is 10.2. The van der Waals surface area contributed by atoms with Gasteiger partial charge in [-0.15, -0.1) is 0 Å². The number of hydrogen-bond acceptors (Lipinski definition) is 1. The summed E-state index contributed by atoms with van der Waals surface area (Å²) in [6, 6.07) is 9.16. The van der Waals surface area contributed by atoms with E-state index >= 15 is 0 Å². The maximum Gasteiger partial charge on any atom is 0.164 e. The smallest absolute Gasteiger partial charge is 0.164 e. The maximum atomic E-state index is 13.6. The van der Waals surface area contributed by atoms with Gasteiger partial charge in [0.25, 0.3) is 0 Å². The predicted octanol–water partition coefficient (Wildman–Crippen LogP) is 3.66. The molecule has 3 heteroatoms. The molecule has 2 rings (SSSR count). The monoisotopic (exact) mass is 248 g/mol. The molecule has 1 unspecified atom stereocenters. The third-order valence-electron chi connectivity index (χ3n) is 3.12. The molecular formula is C15H14F2O. The molecule has 0 aliphatic rings. The van der Waals surface area contributed by atoms with Crippen molar-refractivity contribution in [1.29, 1.82) is 0 Å². The summed E-state index contributed by atoms with van der Waals surface area (Å²) in [5.41, 5.74) is 2.61. The Bertz CT molecular complexity index is 579. The molecule has 1 atom stereocenters. The second-order valence-corrected chi connectivity index (χ2v) is 4.39. The summed E-state index contributed by atoms with van der Waals surface area (Å²) in [4.78, 5) is 0. The largest absolute Gasteiger partial charge is 0.384 e. The van der Waals surface area contributed by atoms with Crippen LogP contribution in [-0.4, -0.2) is 5.11 Å². The molecule has 0 aliphatic carbocycles. The zero-order valence-electron chi connectivity index (χ0n) is 10.2. The normalized spacial score (nSPS) is 12.5. The van der Waals surface area contributed by atoms with Gasteiger partial charge in [-0.25, -0.2) is 8.78 Å². The summed E-state index contributed by atoms with van der Waals surface area (Å²) >= 11 is 0. The first kappa shape index (κ1) is 12.7. The van der Waals surface area contributed by atoms with E-state index in [2.05, 4.69) is 0 Å². The van der Waals surface area contributed by atoms with Gasteiger partial charge in [0.05, 0.1) is 0 Å². The first-order chi connectivity index (χ1) is 8.50. The Morgan fingerprint density at radius 1 is 1.00 bits per heavy atom. The third-order valence-corrected chi connectivity index (χ3v) is 3.12. The van der Waals surface area contributed by atoms with Crippen molar-refractivity contribution in [2.75, 3.05) is 0 Å². The average molecular weight is 248 g/mol. The van der Waals surface area contributed by atoms with Crippen molar-refractivity contribution in [2.24, 2.45) is 0 Å². The van der Waals surface area contributed by atoms with E-state index in [0.29, 0.717) is 5.56 Å². The molecule has 0 amide bonds. The topological polar surface area (TPSA) is 20.2 Å². The number of benzene rings is 2. The van der Waals surface area contributed by atoms with Crippen LogP contribution in [0.25, 0.3) is 0 Å². The Kier molecular flexibility index (Phi) is 3.43. The molecular weight excluding hydrogens is 234 g/mol. The van der Waals surface area contributed by atoms with E-state index in [1.54, 1.807) is 12.1 Å². The number of halogens is 2. The third kappa shape index (κ3) is 2.27. The Morgan fingerprint density at radius 2 is 1.72 bits per heavy atom. The van der Waals surface area contributed by atoms with E-state index in [4.69, 9.17) is 0 Å². The lowest BCUT2D eigenvalue weighted by Gasteiger charge is -2.14. The molecule has 94 valence electrons. The molecule has 0 bridgehead atoms. The number of rotatable bonds is 2. The van der Waals surface area contributed by atoms with Crippen LogP contribution >= 0.6 is 0 Å². The van der Waals surface area contributed by atoms with Gasteiger partial charge in [0.2, 0.25) is 0 Å². The second-order valence-electron chi connectivity index (χ2n) is 4.39. The fraction of sp³-hybridized carbons (Fsp3) is 0.200. The van der Waals surface area contributed by atoms with Gasteiger partial charge >= 0.3 is 0 Å². The number of aliphatic hydroxyl groups excluding tert-OH is 1. The van der Waals surface area contributed by atoms with Crippen molar-refractivity contribution in [3.8, 4) is 0 Å². The van der Waals surface area contributed by atoms with Gasteiger partial charge in [-0.2, -0.15) is 0 Å². The van der Waals surface area contributed by atoms with Crippen LogP contribution in [0.5, 0.6) is 0 Å². The molecule has 0 saturated carbocycles. The van der Waals surface area contributed by atoms with Crippen LogP contribution < -0.4 is 0 Å². The van der Waals surface area contributed by atoms with Gasteiger partial charge in [0.1, 0.15) is 6.10 Å². The minimum Gasteiger partial charge on any atom is -0.384 e. The molecule has 2 aromatic rings. The van der Waals surface area contributed by atoms with E-state index in [1.807, 2.05) is 19.9 Å². The second kappa shape index (κ2) is 4.86. The van der Waals surface area contributed by atoms with Crippen molar-refractivity contribution in [1.82, 2.24) is 0 Å². The summed E-state index contributed by atoms with van der Waals surface area (Å²) in [5, 5.41) is 10.1. The van der Waals surface area contributed by atoms with Gasteiger partial charge in [-0.05, 0) is 36.6 Å². The molecule has 0 fully saturated rings. The van der Waals surface area contributed by atoms with Crippen LogP contribution in [0.2, 0.25) is 0 Å². The molecule has 1 nitrogen and oxygen atoms in total. The summed E-state index contributed by atoms with van der Waals surface area (Å²) in [6.07, 6.45) is -1.15. The minimum atomic E-state index is -1.15. The summed E-state index contributed by atoms with van der Waals surface area (Å²) in [6.45, 7) is 3.86. The number of aliphatic hydroxyl groups is 1. The first-order valence-corrected chi connectivity index (χ1v) is 5.70. The fourth-order valence-electron chi connectivity index (χ4n) is 1.85. The van der Waals surface area contributed by atoms with Gasteiger partial charge < -0.3 is 5.11 Å². The Balaban J connectivity index is 2.44. The lowest BCUT2D eigenvalue weighted by atomic mass is 9.97. The SMILES string of the molecule is Cc1ccc(C(O)c2cccc(F)c2F)cc1C. The van der Waals surface area contributed by atoms with E-state index < -0.39 is 17.7 Å². The van der Waals surface area contributed by atoms with Gasteiger partial charge in [0, 0.05) is 5.56 Å². The molecule has 0 aromatic heterocycles. The van der Waals surface area contributed by atoms with Crippen molar-refractivity contribution in [3.63, 3.8) is 0 Å². The highest BCUT2D eigenvalue weighted by Gasteiger charge is 2.17. The lowest BCUT2D eigenvalue weighted by Crippen LogP contribution is -2.04. The Morgan fingerprint density at radius 3 is 2.39 bits per heavy atom. The Hall–Kier alpha value is -1.74. The van der Waals surface area contributed by atoms with Crippen molar-refractivity contribution in [2.45, 2.75) is 20.0 Å². The van der Waals surface area contributed by atoms with Crippen LogP contribution in [0, 0.1) is 25.5 Å². The first-order valence-electron chi connectivity index (χ1n) is 5.70. The maximum absolute atomic E-state index is 13.6. The number of hydrogen-bond donors (Lipinski definition) is 1. The molecule has 2 aromatic carbocycles. The molecule has 1 N–H and O–H groups in total. The van der Waals surface area contributed by atoms with E-state index in [-0.39, 0.29) is 5.56 Å². The molecule has 0 saturated heterocycles. The molecule has 0 radical (unpaired) electrons. The van der Waals surface area contributed by atoms with E-state index in [1.165, 1.54) is 12.1 Å². The summed E-state index contributed by atoms with van der Waals surface area (Å²) in [7, 11) is 0. The fourth-order valence-corrected chi connectivity index (χ4v) is 1.85. The molecule has 0 spiro atoms. The summed E-state index contributed by atoms with van der Waals surface area (Å²) in [5.74, 6) is -1.95. The van der Waals surface area contributed by atoms with E-state index in [0.717, 1.165) is 17.2 Å². The standard InChI is InChI=1S/C15H14F2O/c1-9-6-7-11(8-10(9)2)15(18)12-4-3-5-13(16)14(12)17/h3-8,15,18H,1-2H3. The van der Waals surface area contributed by atoms with E-state index in [9.17, 15) is 13.9 Å². The predicted molar refractivity (Wildman–Crippen MR) is 66.3 cm³/mol. The molecule has 18 heavy (non-hydrogen) atoms. The highest BCUT2D eigenvalue weighted by atomic mass is 19.2. The van der Waals surface area contributed by atoms with Crippen molar-refractivity contribution < 1.29 is 13.9 Å². The summed E-state index contributed by atoms with van der Waals surface area (Å²) < 4.78 is 26.7. The molecule has 0 heterocycles. The van der Waals surface area contributed by atoms with Crippen LogP contribution in [0.1, 0.15) is 28.4 Å². The van der Waals surface area contributed by atoms with Gasteiger partial charge in [-0.3, -0.25) is 0 Å². The quantitative estimate of drug-likeness (QED) is 0.859. The highest BCUT2D eigenvalue weighted by molar-refractivity contribution is 5.36. The van der Waals surface area contributed by atoms with Crippen LogP contribution in [0.4, 0.5) is 8.78 Å². The van der Waals surface area contributed by atoms with Crippen LogP contribution in [-0.2, 0) is 0 Å². The van der Waals surface area contributed by atoms with Crippen molar-refractivity contribution in [3.05, 3.63) is 70.3 Å². The minimum absolute atomic E-state index is 0.0433. The highest BCUT2D eigenvalue weighted by Crippen LogP contribution is 2.26. The van der Waals surface area contributed by atoms with Gasteiger partial charge in [0.15, 0.2) is 11.6 Å². The Labute approximate surface area is 105 Å². The van der Waals surface area contributed by atoms with Crippen molar-refractivity contribution >= 4 is 0 Å². The molecule has 0 aliphatic heterocycles.